The fourth-order valence-electron chi connectivity index (χ4n) is 4.62. The summed E-state index contributed by atoms with van der Waals surface area (Å²) >= 11 is 0. The van der Waals surface area contributed by atoms with Crippen molar-refractivity contribution in [3.05, 3.63) is 48.0 Å². The number of unbranched alkanes of at least 4 members (excludes halogenated alkanes) is 2. The van der Waals surface area contributed by atoms with Crippen molar-refractivity contribution in [3.63, 3.8) is 0 Å². The number of carbonyl (C=O) groups is 1. The predicted molar refractivity (Wildman–Crippen MR) is 146 cm³/mol. The number of hydrogen-bond donors (Lipinski definition) is 3. The highest BCUT2D eigenvalue weighted by Gasteiger charge is 2.44. The summed E-state index contributed by atoms with van der Waals surface area (Å²) < 4.78 is 20.0. The number of imidazole rings is 1. The number of fused-ring (bicyclic) bond motifs is 1. The Hall–Kier alpha value is -2.73. The topological polar surface area (TPSA) is 153 Å². The lowest BCUT2D eigenvalue weighted by atomic mass is 9.86. The lowest BCUT2D eigenvalue weighted by Crippen LogP contribution is -2.34. The Kier molecular flexibility index (Phi) is 8.92. The van der Waals surface area contributed by atoms with Crippen LogP contribution in [0, 0.1) is 0 Å². The van der Waals surface area contributed by atoms with Crippen LogP contribution in [0.25, 0.3) is 11.2 Å². The van der Waals surface area contributed by atoms with E-state index in [0.29, 0.717) is 36.2 Å². The average molecular weight is 544 g/mol. The van der Waals surface area contributed by atoms with Crippen LogP contribution in [-0.2, 0) is 32.2 Å². The quantitative estimate of drug-likeness (QED) is 0.309. The van der Waals surface area contributed by atoms with Crippen LogP contribution in [0.2, 0.25) is 0 Å². The normalized spacial score (nSPS) is 22.7. The number of nitrogen functional groups attached to an aromatic ring is 1. The molecular weight excluding hydrogens is 506 g/mol. The van der Waals surface area contributed by atoms with Gasteiger partial charge in [0.25, 0.3) is 0 Å². The zero-order valence-corrected chi connectivity index (χ0v) is 22.9. The molecule has 206 valence electrons. The molecule has 11 heteroatoms. The molecule has 10 nitrogen and oxygen atoms in total. The molecule has 0 spiro atoms. The standard InChI is InChI=1S/C27H37N5O5S/c1-27(2,3)18-10-8-17(9-11-18)13-19(33)7-5-4-6-12-38(36)14-20-22(34)23(35)26(37-20)32-16-31-21-24(28)29-15-30-25(21)32/h8-11,15-16,20,22-23,26,34-35H,4-7,12-14H2,1-3H3,(H2,28,29,30)/t20-,22-,23-,26-,38?/m1/s1. The molecule has 3 heterocycles. The van der Waals surface area contributed by atoms with E-state index in [9.17, 15) is 19.2 Å². The molecule has 0 amide bonds. The Bertz CT molecular complexity index is 1270. The second-order valence-electron chi connectivity index (χ2n) is 10.9. The fourth-order valence-corrected chi connectivity index (χ4v) is 5.96. The summed E-state index contributed by atoms with van der Waals surface area (Å²) in [6, 6.07) is 8.24. The molecular formula is C27H37N5O5S. The molecule has 2 aromatic heterocycles. The van der Waals surface area contributed by atoms with Gasteiger partial charge >= 0.3 is 0 Å². The van der Waals surface area contributed by atoms with Crippen LogP contribution in [-0.4, -0.2) is 69.5 Å². The minimum absolute atomic E-state index is 0.0888. The second kappa shape index (κ2) is 12.0. The van der Waals surface area contributed by atoms with E-state index in [-0.39, 0.29) is 22.8 Å². The molecule has 0 aliphatic carbocycles. The highest BCUT2D eigenvalue weighted by molar-refractivity contribution is 7.85. The van der Waals surface area contributed by atoms with Crippen molar-refractivity contribution in [1.82, 2.24) is 19.5 Å². The van der Waals surface area contributed by atoms with Gasteiger partial charge in [0.1, 0.15) is 35.9 Å². The van der Waals surface area contributed by atoms with Crippen LogP contribution >= 0.6 is 0 Å². The maximum Gasteiger partial charge on any atom is 0.167 e. The van der Waals surface area contributed by atoms with Gasteiger partial charge in [0.05, 0.1) is 12.1 Å². The summed E-state index contributed by atoms with van der Waals surface area (Å²) in [5, 5.41) is 21.1. The van der Waals surface area contributed by atoms with Gasteiger partial charge in [0, 0.05) is 29.4 Å². The van der Waals surface area contributed by atoms with Gasteiger partial charge < -0.3 is 20.7 Å². The molecule has 1 aliphatic heterocycles. The van der Waals surface area contributed by atoms with Crippen molar-refractivity contribution in [2.24, 2.45) is 0 Å². The summed E-state index contributed by atoms with van der Waals surface area (Å²) in [6.07, 6.45) is 1.74. The Morgan fingerprint density at radius 3 is 2.53 bits per heavy atom. The number of aromatic nitrogens is 4. The summed E-state index contributed by atoms with van der Waals surface area (Å²) in [6.45, 7) is 6.50. The SMILES string of the molecule is CC(C)(C)c1ccc(CC(=O)CCCCCS(=O)C[C@H]2O[C@@H](n3cnc4c(N)ncnc43)[C@H](O)[C@@H]2O)cc1. The molecule has 0 saturated carbocycles. The van der Waals surface area contributed by atoms with Crippen molar-refractivity contribution in [1.29, 1.82) is 0 Å². The van der Waals surface area contributed by atoms with Gasteiger partial charge in [-0.25, -0.2) is 15.0 Å². The Morgan fingerprint density at radius 2 is 1.82 bits per heavy atom. The van der Waals surface area contributed by atoms with E-state index in [1.807, 2.05) is 12.1 Å². The van der Waals surface area contributed by atoms with Crippen molar-refractivity contribution >= 4 is 33.6 Å². The molecule has 1 saturated heterocycles. The van der Waals surface area contributed by atoms with E-state index in [0.717, 1.165) is 18.4 Å². The molecule has 5 atom stereocenters. The third kappa shape index (κ3) is 6.63. The number of ether oxygens (including phenoxy) is 1. The van der Waals surface area contributed by atoms with Crippen LogP contribution in [0.5, 0.6) is 0 Å². The van der Waals surface area contributed by atoms with Crippen molar-refractivity contribution in [2.75, 3.05) is 17.2 Å². The number of nitrogens with two attached hydrogens (primary N) is 1. The first kappa shape index (κ1) is 28.3. The highest BCUT2D eigenvalue weighted by atomic mass is 32.2. The fraction of sp³-hybridized carbons (Fsp3) is 0.556. The van der Waals surface area contributed by atoms with Gasteiger partial charge in [-0.15, -0.1) is 0 Å². The van der Waals surface area contributed by atoms with Gasteiger partial charge in [0.2, 0.25) is 0 Å². The van der Waals surface area contributed by atoms with Crippen LogP contribution in [0.4, 0.5) is 5.82 Å². The van der Waals surface area contributed by atoms with Gasteiger partial charge in [-0.2, -0.15) is 0 Å². The smallest absolute Gasteiger partial charge is 0.167 e. The number of Topliss-reactive ketones (excluding diaryl/α,β-unsaturated/α-hetero) is 1. The third-order valence-electron chi connectivity index (χ3n) is 6.90. The predicted octanol–water partition coefficient (Wildman–Crippen LogP) is 2.45. The number of hydrogen-bond acceptors (Lipinski definition) is 9. The number of rotatable bonds is 11. The van der Waals surface area contributed by atoms with E-state index in [1.165, 1.54) is 22.8 Å². The van der Waals surface area contributed by atoms with Gasteiger partial charge in [-0.1, -0.05) is 51.5 Å². The summed E-state index contributed by atoms with van der Waals surface area (Å²) in [5.41, 5.74) is 8.94. The average Bonchev–Trinajstić information content (AvgIpc) is 3.41. The first-order chi connectivity index (χ1) is 18.0. The monoisotopic (exact) mass is 543 g/mol. The molecule has 0 bridgehead atoms. The largest absolute Gasteiger partial charge is 0.387 e. The molecule has 4 N–H and O–H groups in total. The number of aliphatic hydroxyl groups is 2. The first-order valence-electron chi connectivity index (χ1n) is 13.0. The first-order valence-corrected chi connectivity index (χ1v) is 14.4. The van der Waals surface area contributed by atoms with Crippen LogP contribution in [0.15, 0.2) is 36.9 Å². The van der Waals surface area contributed by atoms with Crippen LogP contribution in [0.3, 0.4) is 0 Å². The van der Waals surface area contributed by atoms with Crippen LogP contribution in [0.1, 0.15) is 63.8 Å². The van der Waals surface area contributed by atoms with Gasteiger partial charge in [-0.05, 0) is 29.4 Å². The molecule has 1 unspecified atom stereocenters. The Balaban J connectivity index is 1.18. The summed E-state index contributed by atoms with van der Waals surface area (Å²) in [4.78, 5) is 24.6. The number of anilines is 1. The van der Waals surface area contributed by atoms with Gasteiger partial charge in [-0.3, -0.25) is 13.6 Å². The second-order valence-corrected chi connectivity index (χ2v) is 12.5. The maximum atomic E-state index is 12.7. The summed E-state index contributed by atoms with van der Waals surface area (Å²) in [5.74, 6) is 0.947. The Morgan fingerprint density at radius 1 is 1.08 bits per heavy atom. The number of nitrogens with zero attached hydrogens (tertiary/aromatic N) is 4. The molecule has 0 radical (unpaired) electrons. The van der Waals surface area contributed by atoms with Crippen molar-refractivity contribution in [2.45, 2.75) is 82.8 Å². The number of ketones is 1. The molecule has 4 rings (SSSR count). The van der Waals surface area contributed by atoms with E-state index in [1.54, 1.807) is 0 Å². The Labute approximate surface area is 225 Å². The lowest BCUT2D eigenvalue weighted by Gasteiger charge is -2.19. The van der Waals surface area contributed by atoms with E-state index in [2.05, 4.69) is 47.9 Å². The molecule has 1 aliphatic rings. The number of aliphatic hydroxyl groups excluding tert-OH is 2. The molecule has 3 aromatic rings. The minimum Gasteiger partial charge on any atom is -0.387 e. The molecule has 1 aromatic carbocycles. The van der Waals surface area contributed by atoms with E-state index in [4.69, 9.17) is 10.5 Å². The summed E-state index contributed by atoms with van der Waals surface area (Å²) in [7, 11) is -1.24. The van der Waals surface area contributed by atoms with E-state index >= 15 is 0 Å². The number of carbonyl (C=O) groups excluding carboxylic acids is 1. The van der Waals surface area contributed by atoms with E-state index < -0.39 is 35.3 Å². The minimum atomic E-state index is -1.24. The van der Waals surface area contributed by atoms with Crippen molar-refractivity contribution in [3.8, 4) is 0 Å². The zero-order chi connectivity index (χ0) is 27.4. The molecule has 38 heavy (non-hydrogen) atoms. The number of benzene rings is 1. The van der Waals surface area contributed by atoms with Crippen molar-refractivity contribution < 1.29 is 24.0 Å². The third-order valence-corrected chi connectivity index (χ3v) is 8.34. The maximum absolute atomic E-state index is 12.7. The lowest BCUT2D eigenvalue weighted by molar-refractivity contribution is -0.118. The molecule has 1 fully saturated rings. The zero-order valence-electron chi connectivity index (χ0n) is 22.1. The van der Waals surface area contributed by atoms with Crippen LogP contribution < -0.4 is 5.73 Å². The highest BCUT2D eigenvalue weighted by Crippen LogP contribution is 2.32. The van der Waals surface area contributed by atoms with Gasteiger partial charge in [0.15, 0.2) is 17.7 Å².